The first kappa shape index (κ1) is 20.8. The molecular weight excluding hydrogens is 386 g/mol. The Morgan fingerprint density at radius 3 is 2.25 bits per heavy atom. The van der Waals surface area contributed by atoms with Crippen LogP contribution in [0.3, 0.4) is 0 Å². The van der Waals surface area contributed by atoms with Crippen LogP contribution >= 0.6 is 0 Å². The van der Waals surface area contributed by atoms with Crippen molar-refractivity contribution in [2.45, 2.75) is 57.3 Å². The van der Waals surface area contributed by atoms with E-state index in [0.717, 1.165) is 10.9 Å². The molecule has 0 radical (unpaired) electrons. The van der Waals surface area contributed by atoms with E-state index in [1.807, 2.05) is 37.3 Å². The van der Waals surface area contributed by atoms with E-state index < -0.39 is 18.3 Å². The second kappa shape index (κ2) is 7.17. The van der Waals surface area contributed by atoms with Gasteiger partial charge in [0.1, 0.15) is 0 Å². The molecule has 3 rings (SSSR count). The van der Waals surface area contributed by atoms with Gasteiger partial charge in [0.25, 0.3) is 10.0 Å². The molecule has 0 unspecified atom stereocenters. The maximum absolute atomic E-state index is 13.2. The average molecular weight is 416 g/mol. The minimum atomic E-state index is -3.65. The maximum Gasteiger partial charge on any atom is 0.268 e. The Balaban J connectivity index is 2.02. The fourth-order valence-corrected chi connectivity index (χ4v) is 5.47. The summed E-state index contributed by atoms with van der Waals surface area (Å²) in [4.78, 5) is 0.290. The summed E-state index contributed by atoms with van der Waals surface area (Å²) in [6.45, 7) is 13.4. The summed E-state index contributed by atoms with van der Waals surface area (Å²) in [5, 5.41) is 1.04. The zero-order valence-electron chi connectivity index (χ0n) is 17.5. The number of rotatable bonds is 5. The molecule has 0 spiro atoms. The Bertz CT molecular complexity index is 1090. The standard InChI is InChI=1S/C22H29NO3SSi/c1-17-14-19-13-12-18(16-26-28(5,6)22(2,3)4)15-21(19)23(17)27(24,25)20-10-8-7-9-11-20/h7-15H,16H2,1-6H3. The smallest absolute Gasteiger partial charge is 0.268 e. The van der Waals surface area contributed by atoms with Crippen molar-refractivity contribution in [3.8, 4) is 0 Å². The van der Waals surface area contributed by atoms with E-state index >= 15 is 0 Å². The molecule has 4 nitrogen and oxygen atoms in total. The summed E-state index contributed by atoms with van der Waals surface area (Å²) < 4.78 is 34.2. The lowest BCUT2D eigenvalue weighted by molar-refractivity contribution is 0.276. The van der Waals surface area contributed by atoms with Gasteiger partial charge in [-0.05, 0) is 54.9 Å². The molecule has 3 aromatic rings. The molecule has 6 heteroatoms. The van der Waals surface area contributed by atoms with Crippen molar-refractivity contribution in [2.75, 3.05) is 0 Å². The third-order valence-corrected chi connectivity index (χ3v) is 12.0. The summed E-state index contributed by atoms with van der Waals surface area (Å²) in [6, 6.07) is 16.4. The first-order chi connectivity index (χ1) is 12.9. The van der Waals surface area contributed by atoms with E-state index in [1.165, 1.54) is 3.97 Å². The van der Waals surface area contributed by atoms with E-state index in [4.69, 9.17) is 4.43 Å². The predicted octanol–water partition coefficient (Wildman–Crippen LogP) is 5.71. The van der Waals surface area contributed by atoms with Crippen LogP contribution < -0.4 is 0 Å². The SMILES string of the molecule is Cc1cc2ccc(CO[Si](C)(C)C(C)(C)C)cc2n1S(=O)(=O)c1ccccc1. The van der Waals surface area contributed by atoms with Crippen LogP contribution in [0.2, 0.25) is 18.1 Å². The Hall–Kier alpha value is -1.89. The van der Waals surface area contributed by atoms with Crippen molar-refractivity contribution < 1.29 is 12.8 Å². The van der Waals surface area contributed by atoms with E-state index in [1.54, 1.807) is 24.3 Å². The Morgan fingerprint density at radius 2 is 1.64 bits per heavy atom. The second-order valence-corrected chi connectivity index (χ2v) is 15.4. The highest BCUT2D eigenvalue weighted by molar-refractivity contribution is 7.90. The highest BCUT2D eigenvalue weighted by Crippen LogP contribution is 2.37. The van der Waals surface area contributed by atoms with Crippen LogP contribution in [-0.4, -0.2) is 20.7 Å². The van der Waals surface area contributed by atoms with Gasteiger partial charge in [-0.3, -0.25) is 0 Å². The minimum absolute atomic E-state index is 0.130. The summed E-state index contributed by atoms with van der Waals surface area (Å²) in [5.41, 5.74) is 2.37. The van der Waals surface area contributed by atoms with Crippen LogP contribution in [0.1, 0.15) is 32.0 Å². The van der Waals surface area contributed by atoms with E-state index in [-0.39, 0.29) is 5.04 Å². The fourth-order valence-electron chi connectivity index (χ4n) is 2.95. The lowest BCUT2D eigenvalue weighted by Gasteiger charge is -2.36. The molecule has 150 valence electrons. The number of benzene rings is 2. The molecule has 1 heterocycles. The van der Waals surface area contributed by atoms with E-state index in [2.05, 4.69) is 33.9 Å². The van der Waals surface area contributed by atoms with Gasteiger partial charge in [-0.15, -0.1) is 0 Å². The van der Waals surface area contributed by atoms with Gasteiger partial charge < -0.3 is 4.43 Å². The van der Waals surface area contributed by atoms with Gasteiger partial charge in [-0.25, -0.2) is 12.4 Å². The third-order valence-electron chi connectivity index (χ3n) is 5.69. The summed E-state index contributed by atoms with van der Waals surface area (Å²) in [7, 11) is -5.53. The first-order valence-corrected chi connectivity index (χ1v) is 13.8. The van der Waals surface area contributed by atoms with Gasteiger partial charge >= 0.3 is 0 Å². The highest BCUT2D eigenvalue weighted by atomic mass is 32.2. The van der Waals surface area contributed by atoms with E-state index in [9.17, 15) is 8.42 Å². The minimum Gasteiger partial charge on any atom is -0.413 e. The van der Waals surface area contributed by atoms with Gasteiger partial charge in [0.05, 0.1) is 17.0 Å². The van der Waals surface area contributed by atoms with Crippen molar-refractivity contribution in [2.24, 2.45) is 0 Å². The lowest BCUT2D eigenvalue weighted by atomic mass is 10.2. The molecule has 2 aromatic carbocycles. The van der Waals surface area contributed by atoms with Crippen molar-refractivity contribution in [3.63, 3.8) is 0 Å². The van der Waals surface area contributed by atoms with Crippen LogP contribution in [0.25, 0.3) is 10.9 Å². The lowest BCUT2D eigenvalue weighted by Crippen LogP contribution is -2.40. The molecular formula is C22H29NO3SSi. The van der Waals surface area contributed by atoms with Crippen molar-refractivity contribution >= 4 is 29.2 Å². The molecule has 28 heavy (non-hydrogen) atoms. The molecule has 0 saturated heterocycles. The molecule has 0 aliphatic rings. The number of aromatic nitrogens is 1. The van der Waals surface area contributed by atoms with Crippen LogP contribution in [0.4, 0.5) is 0 Å². The molecule has 0 aliphatic carbocycles. The molecule has 1 aromatic heterocycles. The van der Waals surface area contributed by atoms with Crippen molar-refractivity contribution in [3.05, 3.63) is 65.9 Å². The average Bonchev–Trinajstić information content (AvgIpc) is 2.95. The predicted molar refractivity (Wildman–Crippen MR) is 118 cm³/mol. The number of nitrogens with zero attached hydrogens (tertiary/aromatic N) is 1. The summed E-state index contributed by atoms with van der Waals surface area (Å²) >= 11 is 0. The molecule has 0 amide bonds. The molecule has 0 aliphatic heterocycles. The molecule has 0 atom stereocenters. The molecule has 0 saturated carbocycles. The largest absolute Gasteiger partial charge is 0.413 e. The van der Waals surface area contributed by atoms with Crippen molar-refractivity contribution in [1.29, 1.82) is 0 Å². The zero-order chi connectivity index (χ0) is 20.7. The monoisotopic (exact) mass is 415 g/mol. The third kappa shape index (κ3) is 3.81. The number of fused-ring (bicyclic) bond motifs is 1. The van der Waals surface area contributed by atoms with Gasteiger partial charge in [0.2, 0.25) is 0 Å². The molecule has 0 N–H and O–H groups in total. The van der Waals surface area contributed by atoms with Crippen LogP contribution in [0, 0.1) is 6.92 Å². The maximum atomic E-state index is 13.2. The zero-order valence-corrected chi connectivity index (χ0v) is 19.3. The number of hydrogen-bond donors (Lipinski definition) is 0. The highest BCUT2D eigenvalue weighted by Gasteiger charge is 2.37. The van der Waals surface area contributed by atoms with Crippen LogP contribution in [0.15, 0.2) is 59.5 Å². The Morgan fingerprint density at radius 1 is 1.00 bits per heavy atom. The second-order valence-electron chi connectivity index (χ2n) is 8.81. The Kier molecular flexibility index (Phi) is 5.34. The molecule has 0 bridgehead atoms. The Labute approximate surface area is 169 Å². The summed E-state index contributed by atoms with van der Waals surface area (Å²) in [6.07, 6.45) is 0. The van der Waals surface area contributed by atoms with Gasteiger partial charge in [-0.1, -0.05) is 51.1 Å². The van der Waals surface area contributed by atoms with Gasteiger partial charge in [-0.2, -0.15) is 0 Å². The quantitative estimate of drug-likeness (QED) is 0.502. The van der Waals surface area contributed by atoms with E-state index in [0.29, 0.717) is 22.7 Å². The first-order valence-electron chi connectivity index (χ1n) is 9.49. The normalized spacial score (nSPS) is 13.2. The molecule has 0 fully saturated rings. The topological polar surface area (TPSA) is 48.3 Å². The van der Waals surface area contributed by atoms with Gasteiger partial charge in [0, 0.05) is 11.1 Å². The fraction of sp³-hybridized carbons (Fsp3) is 0.364. The van der Waals surface area contributed by atoms with Crippen molar-refractivity contribution in [1.82, 2.24) is 3.97 Å². The summed E-state index contributed by atoms with van der Waals surface area (Å²) in [5.74, 6) is 0. The van der Waals surface area contributed by atoms with Crippen LogP contribution in [0.5, 0.6) is 0 Å². The van der Waals surface area contributed by atoms with Gasteiger partial charge in [0.15, 0.2) is 8.32 Å². The number of hydrogen-bond acceptors (Lipinski definition) is 3. The number of aryl methyl sites for hydroxylation is 1. The van der Waals surface area contributed by atoms with Crippen LogP contribution in [-0.2, 0) is 21.1 Å².